The van der Waals surface area contributed by atoms with Gasteiger partial charge in [0.2, 0.25) is 5.88 Å². The van der Waals surface area contributed by atoms with Crippen LogP contribution in [0.2, 0.25) is 0 Å². The van der Waals surface area contributed by atoms with Gasteiger partial charge in [-0.05, 0) is 25.0 Å². The lowest BCUT2D eigenvalue weighted by Crippen LogP contribution is -2.09. The first-order valence-corrected chi connectivity index (χ1v) is 6.60. The van der Waals surface area contributed by atoms with Crippen molar-refractivity contribution in [2.45, 2.75) is 27.3 Å². The Morgan fingerprint density at radius 3 is 2.85 bits per heavy atom. The SMILES string of the molecule is Cc1cc(CNc2ccc(N)c(OCC(C)C)n2)on1. The Balaban J connectivity index is 1.99. The quantitative estimate of drug-likeness (QED) is 0.843. The van der Waals surface area contributed by atoms with Crippen molar-refractivity contribution in [2.75, 3.05) is 17.7 Å². The van der Waals surface area contributed by atoms with E-state index >= 15 is 0 Å². The predicted molar refractivity (Wildman–Crippen MR) is 77.5 cm³/mol. The molecular weight excluding hydrogens is 256 g/mol. The van der Waals surface area contributed by atoms with E-state index in [4.69, 9.17) is 15.0 Å². The molecule has 108 valence electrons. The second-order valence-corrected chi connectivity index (χ2v) is 5.08. The lowest BCUT2D eigenvalue weighted by atomic mass is 10.2. The van der Waals surface area contributed by atoms with Gasteiger partial charge in [-0.15, -0.1) is 0 Å². The van der Waals surface area contributed by atoms with Gasteiger partial charge in [0, 0.05) is 6.07 Å². The molecule has 2 heterocycles. The molecule has 0 aliphatic heterocycles. The third kappa shape index (κ3) is 3.88. The third-order valence-electron chi connectivity index (χ3n) is 2.56. The van der Waals surface area contributed by atoms with Crippen LogP contribution in [-0.4, -0.2) is 16.7 Å². The summed E-state index contributed by atoms with van der Waals surface area (Å²) >= 11 is 0. The summed E-state index contributed by atoms with van der Waals surface area (Å²) in [5.74, 6) is 2.32. The highest BCUT2D eigenvalue weighted by Crippen LogP contribution is 2.21. The number of hydrogen-bond donors (Lipinski definition) is 2. The number of pyridine rings is 1. The topological polar surface area (TPSA) is 86.2 Å². The molecule has 0 aliphatic carbocycles. The Morgan fingerprint density at radius 1 is 1.40 bits per heavy atom. The molecule has 2 rings (SSSR count). The highest BCUT2D eigenvalue weighted by molar-refractivity contribution is 5.53. The number of anilines is 2. The minimum absolute atomic E-state index is 0.421. The zero-order valence-electron chi connectivity index (χ0n) is 12.0. The van der Waals surface area contributed by atoms with Crippen molar-refractivity contribution >= 4 is 11.5 Å². The van der Waals surface area contributed by atoms with Gasteiger partial charge in [0.15, 0.2) is 5.76 Å². The molecule has 0 radical (unpaired) electrons. The number of rotatable bonds is 6. The minimum atomic E-state index is 0.421. The first-order valence-electron chi connectivity index (χ1n) is 6.60. The molecule has 6 heteroatoms. The van der Waals surface area contributed by atoms with Crippen molar-refractivity contribution in [3.63, 3.8) is 0 Å². The van der Waals surface area contributed by atoms with Crippen molar-refractivity contribution in [1.29, 1.82) is 0 Å². The summed E-state index contributed by atoms with van der Waals surface area (Å²) < 4.78 is 10.7. The van der Waals surface area contributed by atoms with E-state index in [1.54, 1.807) is 12.1 Å². The number of hydrogen-bond acceptors (Lipinski definition) is 6. The Hall–Kier alpha value is -2.24. The minimum Gasteiger partial charge on any atom is -0.476 e. The molecule has 0 spiro atoms. The fourth-order valence-corrected chi connectivity index (χ4v) is 1.59. The van der Waals surface area contributed by atoms with Crippen molar-refractivity contribution in [3.05, 3.63) is 29.7 Å². The maximum Gasteiger partial charge on any atom is 0.239 e. The van der Waals surface area contributed by atoms with E-state index in [0.29, 0.717) is 36.5 Å². The van der Waals surface area contributed by atoms with Gasteiger partial charge >= 0.3 is 0 Å². The standard InChI is InChI=1S/C14H20N4O2/c1-9(2)8-19-14-12(15)4-5-13(17-14)16-7-11-6-10(3)18-20-11/h4-6,9H,7-8,15H2,1-3H3,(H,16,17). The van der Waals surface area contributed by atoms with Gasteiger partial charge in [-0.25, -0.2) is 0 Å². The summed E-state index contributed by atoms with van der Waals surface area (Å²) in [5, 5.41) is 6.98. The zero-order valence-corrected chi connectivity index (χ0v) is 12.0. The summed E-state index contributed by atoms with van der Waals surface area (Å²) in [4.78, 5) is 4.35. The zero-order chi connectivity index (χ0) is 14.5. The van der Waals surface area contributed by atoms with Crippen LogP contribution in [0.3, 0.4) is 0 Å². The first kappa shape index (κ1) is 14.2. The first-order chi connectivity index (χ1) is 9.54. The Bertz CT molecular complexity index is 566. The molecule has 0 atom stereocenters. The largest absolute Gasteiger partial charge is 0.476 e. The Labute approximate surface area is 118 Å². The van der Waals surface area contributed by atoms with E-state index in [9.17, 15) is 0 Å². The number of nitrogen functional groups attached to an aromatic ring is 1. The van der Waals surface area contributed by atoms with Crippen molar-refractivity contribution < 1.29 is 9.26 Å². The van der Waals surface area contributed by atoms with E-state index in [0.717, 1.165) is 11.5 Å². The van der Waals surface area contributed by atoms with Gasteiger partial charge in [0.1, 0.15) is 5.82 Å². The molecule has 0 saturated heterocycles. The molecule has 2 aromatic rings. The summed E-state index contributed by atoms with van der Waals surface area (Å²) in [5.41, 5.74) is 7.23. The summed E-state index contributed by atoms with van der Waals surface area (Å²) in [6.45, 7) is 7.13. The highest BCUT2D eigenvalue weighted by Gasteiger charge is 2.07. The molecule has 0 saturated carbocycles. The van der Waals surface area contributed by atoms with Gasteiger partial charge in [-0.2, -0.15) is 4.98 Å². The fraction of sp³-hybridized carbons (Fsp3) is 0.429. The number of aryl methyl sites for hydroxylation is 1. The van der Waals surface area contributed by atoms with E-state index in [1.807, 2.05) is 13.0 Å². The molecule has 0 aliphatic rings. The van der Waals surface area contributed by atoms with Gasteiger partial charge in [-0.3, -0.25) is 0 Å². The average molecular weight is 276 g/mol. The second-order valence-electron chi connectivity index (χ2n) is 5.08. The van der Waals surface area contributed by atoms with Crippen LogP contribution in [-0.2, 0) is 6.54 Å². The van der Waals surface area contributed by atoms with Crippen LogP contribution in [0.1, 0.15) is 25.3 Å². The maximum absolute atomic E-state index is 5.84. The van der Waals surface area contributed by atoms with Crippen molar-refractivity contribution in [2.24, 2.45) is 5.92 Å². The van der Waals surface area contributed by atoms with Crippen LogP contribution < -0.4 is 15.8 Å². The summed E-state index contributed by atoms with van der Waals surface area (Å²) in [6.07, 6.45) is 0. The molecular formula is C14H20N4O2. The molecule has 0 bridgehead atoms. The number of nitrogens with zero attached hydrogens (tertiary/aromatic N) is 2. The average Bonchev–Trinajstić information content (AvgIpc) is 2.82. The van der Waals surface area contributed by atoms with E-state index in [2.05, 4.69) is 29.3 Å². The maximum atomic E-state index is 5.84. The van der Waals surface area contributed by atoms with Crippen molar-refractivity contribution in [1.82, 2.24) is 10.1 Å². The van der Waals surface area contributed by atoms with Crippen LogP contribution in [0.15, 0.2) is 22.7 Å². The highest BCUT2D eigenvalue weighted by atomic mass is 16.5. The lowest BCUT2D eigenvalue weighted by molar-refractivity contribution is 0.263. The number of nitrogens with one attached hydrogen (secondary N) is 1. The van der Waals surface area contributed by atoms with Crippen LogP contribution in [0, 0.1) is 12.8 Å². The van der Waals surface area contributed by atoms with Gasteiger partial charge < -0.3 is 20.3 Å². The summed E-state index contributed by atoms with van der Waals surface area (Å²) in [7, 11) is 0. The van der Waals surface area contributed by atoms with E-state index in [1.165, 1.54) is 0 Å². The molecule has 20 heavy (non-hydrogen) atoms. The molecule has 6 nitrogen and oxygen atoms in total. The molecule has 0 aromatic carbocycles. The van der Waals surface area contributed by atoms with Crippen molar-refractivity contribution in [3.8, 4) is 5.88 Å². The lowest BCUT2D eigenvalue weighted by Gasteiger charge is -2.11. The third-order valence-corrected chi connectivity index (χ3v) is 2.56. The van der Waals surface area contributed by atoms with Crippen LogP contribution in [0.4, 0.5) is 11.5 Å². The summed E-state index contributed by atoms with van der Waals surface area (Å²) in [6, 6.07) is 5.46. The monoisotopic (exact) mass is 276 g/mol. The number of ether oxygens (including phenoxy) is 1. The smallest absolute Gasteiger partial charge is 0.239 e. The van der Waals surface area contributed by atoms with Crippen LogP contribution in [0.5, 0.6) is 5.88 Å². The van der Waals surface area contributed by atoms with Gasteiger partial charge in [-0.1, -0.05) is 19.0 Å². The van der Waals surface area contributed by atoms with E-state index < -0.39 is 0 Å². The number of aromatic nitrogens is 2. The Kier molecular flexibility index (Phi) is 4.45. The van der Waals surface area contributed by atoms with Gasteiger partial charge in [0.25, 0.3) is 0 Å². The molecule has 0 fully saturated rings. The second kappa shape index (κ2) is 6.27. The van der Waals surface area contributed by atoms with Gasteiger partial charge in [0.05, 0.1) is 24.5 Å². The van der Waals surface area contributed by atoms with Crippen LogP contribution in [0.25, 0.3) is 0 Å². The van der Waals surface area contributed by atoms with E-state index in [-0.39, 0.29) is 0 Å². The normalized spacial score (nSPS) is 10.8. The van der Waals surface area contributed by atoms with Crippen LogP contribution >= 0.6 is 0 Å². The molecule has 3 N–H and O–H groups in total. The Morgan fingerprint density at radius 2 is 2.20 bits per heavy atom. The fourth-order valence-electron chi connectivity index (χ4n) is 1.59. The molecule has 0 amide bonds. The number of nitrogens with two attached hydrogens (primary N) is 1. The molecule has 0 unspecified atom stereocenters. The molecule has 2 aromatic heterocycles. The predicted octanol–water partition coefficient (Wildman–Crippen LogP) is 2.61.